The van der Waals surface area contributed by atoms with E-state index in [0.29, 0.717) is 42.4 Å². The molecular weight excluding hydrogens is 460 g/mol. The van der Waals surface area contributed by atoms with Gasteiger partial charge in [0, 0.05) is 53.1 Å². The number of anilines is 2. The summed E-state index contributed by atoms with van der Waals surface area (Å²) in [6.07, 6.45) is 1.25. The van der Waals surface area contributed by atoms with Crippen LogP contribution in [0.1, 0.15) is 22.8 Å². The fourth-order valence-corrected chi connectivity index (χ4v) is 5.29. The molecule has 4 aromatic rings. The summed E-state index contributed by atoms with van der Waals surface area (Å²) in [5.41, 5.74) is 10.4. The summed E-state index contributed by atoms with van der Waals surface area (Å²) >= 11 is 1.61. The number of nitrogens with two attached hydrogens (primary N) is 1. The van der Waals surface area contributed by atoms with Gasteiger partial charge in [-0.3, -0.25) is 4.79 Å². The van der Waals surface area contributed by atoms with E-state index in [1.807, 2.05) is 49.4 Å². The summed E-state index contributed by atoms with van der Waals surface area (Å²) in [5, 5.41) is 10.7. The molecule has 0 spiro atoms. The molecule has 4 N–H and O–H groups in total. The van der Waals surface area contributed by atoms with Crippen LogP contribution in [0.25, 0.3) is 32.0 Å². The quantitative estimate of drug-likeness (QED) is 0.278. The molecule has 2 aromatic heterocycles. The van der Waals surface area contributed by atoms with Gasteiger partial charge < -0.3 is 26.1 Å². The minimum absolute atomic E-state index is 0.0904. The number of hydrogen-bond acceptors (Lipinski definition) is 8. The summed E-state index contributed by atoms with van der Waals surface area (Å²) < 4.78 is 6.55. The van der Waals surface area contributed by atoms with Crippen molar-refractivity contribution in [2.24, 2.45) is 0 Å². The first-order valence-corrected chi connectivity index (χ1v) is 12.3. The number of carbonyl (C=O) groups is 1. The second kappa shape index (κ2) is 9.81. The van der Waals surface area contributed by atoms with Crippen molar-refractivity contribution in [1.82, 2.24) is 15.3 Å². The topological polar surface area (TPSA) is 117 Å². The van der Waals surface area contributed by atoms with E-state index in [4.69, 9.17) is 25.8 Å². The van der Waals surface area contributed by atoms with Crippen molar-refractivity contribution in [2.45, 2.75) is 6.92 Å². The number of aromatic nitrogens is 2. The number of rotatable bonds is 6. The third-order valence-corrected chi connectivity index (χ3v) is 7.11. The van der Waals surface area contributed by atoms with Gasteiger partial charge >= 0.3 is 0 Å². The van der Waals surface area contributed by atoms with Gasteiger partial charge in [-0.05, 0) is 36.8 Å². The van der Waals surface area contributed by atoms with Gasteiger partial charge in [0.05, 0.1) is 23.4 Å². The Kier molecular flexibility index (Phi) is 6.43. The molecule has 3 heterocycles. The van der Waals surface area contributed by atoms with Crippen LogP contribution in [0.4, 0.5) is 11.5 Å². The number of carbonyl (C=O) groups excluding carboxylic acids is 1. The maximum atomic E-state index is 12.4. The molecule has 5 rings (SSSR count). The number of nitrogen functional groups attached to an aromatic ring is 1. The number of thiophene rings is 1. The monoisotopic (exact) mass is 486 g/mol. The van der Waals surface area contributed by atoms with E-state index < -0.39 is 0 Å². The zero-order valence-corrected chi connectivity index (χ0v) is 20.2. The standard InChI is InChI=1S/C26H26N6O2S/c1-2-29-26(33)17-6-3-5-16(13-17)22-14-21-23(35-22)25(32-9-11-34-12-10-32)31-24(30-21)18-7-4-8-20(28)19(18)15-27/h3-8,13-15,27H,2,9-12,28H2,1H3,(H,29,33). The summed E-state index contributed by atoms with van der Waals surface area (Å²) in [6, 6.07) is 15.2. The minimum atomic E-state index is -0.0904. The Hall–Kier alpha value is -3.82. The smallest absolute Gasteiger partial charge is 0.251 e. The van der Waals surface area contributed by atoms with Gasteiger partial charge in [-0.1, -0.05) is 24.3 Å². The van der Waals surface area contributed by atoms with Gasteiger partial charge in [0.2, 0.25) is 0 Å². The number of ether oxygens (including phenoxy) is 1. The van der Waals surface area contributed by atoms with Crippen molar-refractivity contribution in [3.05, 3.63) is 59.7 Å². The van der Waals surface area contributed by atoms with Crippen LogP contribution in [0.3, 0.4) is 0 Å². The molecule has 0 unspecified atom stereocenters. The largest absolute Gasteiger partial charge is 0.398 e. The van der Waals surface area contributed by atoms with Gasteiger partial charge in [-0.2, -0.15) is 0 Å². The molecule has 9 heteroatoms. The minimum Gasteiger partial charge on any atom is -0.398 e. The van der Waals surface area contributed by atoms with E-state index in [1.54, 1.807) is 17.4 Å². The molecule has 0 radical (unpaired) electrons. The summed E-state index contributed by atoms with van der Waals surface area (Å²) in [4.78, 5) is 25.5. The molecule has 0 aliphatic carbocycles. The normalized spacial score (nSPS) is 13.7. The van der Waals surface area contributed by atoms with Crippen molar-refractivity contribution in [3.63, 3.8) is 0 Å². The Morgan fingerprint density at radius 2 is 2.00 bits per heavy atom. The summed E-state index contributed by atoms with van der Waals surface area (Å²) in [5.74, 6) is 1.29. The number of amides is 1. The first kappa shape index (κ1) is 22.9. The molecule has 0 bridgehead atoms. The van der Waals surface area contributed by atoms with E-state index in [9.17, 15) is 4.79 Å². The predicted octanol–water partition coefficient (Wildman–Crippen LogP) is 4.19. The Labute approximate surface area is 207 Å². The summed E-state index contributed by atoms with van der Waals surface area (Å²) in [6.45, 7) is 5.23. The van der Waals surface area contributed by atoms with Crippen molar-refractivity contribution in [3.8, 4) is 21.8 Å². The lowest BCUT2D eigenvalue weighted by molar-refractivity contribution is 0.0956. The highest BCUT2D eigenvalue weighted by atomic mass is 32.1. The molecule has 8 nitrogen and oxygen atoms in total. The van der Waals surface area contributed by atoms with E-state index in [2.05, 4.69) is 10.2 Å². The molecule has 1 saturated heterocycles. The van der Waals surface area contributed by atoms with Crippen LogP contribution in [0.15, 0.2) is 48.5 Å². The van der Waals surface area contributed by atoms with Crippen LogP contribution < -0.4 is 16.0 Å². The van der Waals surface area contributed by atoms with Gasteiger partial charge in [-0.25, -0.2) is 9.97 Å². The zero-order valence-electron chi connectivity index (χ0n) is 19.4. The predicted molar refractivity (Wildman–Crippen MR) is 142 cm³/mol. The van der Waals surface area contributed by atoms with Crippen LogP contribution in [0.2, 0.25) is 0 Å². The molecule has 1 fully saturated rings. The first-order valence-electron chi connectivity index (χ1n) is 11.5. The number of hydrogen-bond donors (Lipinski definition) is 3. The van der Waals surface area contributed by atoms with Crippen molar-refractivity contribution in [2.75, 3.05) is 43.5 Å². The Bertz CT molecular complexity index is 1410. The second-order valence-corrected chi connectivity index (χ2v) is 9.24. The fraction of sp³-hybridized carbons (Fsp3) is 0.231. The van der Waals surface area contributed by atoms with Crippen LogP contribution in [0, 0.1) is 5.41 Å². The average molecular weight is 487 g/mol. The number of nitrogens with zero attached hydrogens (tertiary/aromatic N) is 3. The Morgan fingerprint density at radius 3 is 2.77 bits per heavy atom. The highest BCUT2D eigenvalue weighted by Gasteiger charge is 2.22. The zero-order chi connectivity index (χ0) is 24.4. The van der Waals surface area contributed by atoms with Crippen LogP contribution >= 0.6 is 11.3 Å². The van der Waals surface area contributed by atoms with Gasteiger partial charge in [0.1, 0.15) is 0 Å². The molecule has 1 aliphatic rings. The molecular formula is C26H26N6O2S. The summed E-state index contributed by atoms with van der Waals surface area (Å²) in [7, 11) is 0. The fourth-order valence-electron chi connectivity index (χ4n) is 4.18. The van der Waals surface area contributed by atoms with Gasteiger partial charge in [-0.15, -0.1) is 11.3 Å². The molecule has 0 saturated carbocycles. The highest BCUT2D eigenvalue weighted by Crippen LogP contribution is 2.39. The maximum absolute atomic E-state index is 12.4. The Morgan fingerprint density at radius 1 is 1.20 bits per heavy atom. The Balaban J connectivity index is 1.67. The molecule has 1 amide bonds. The SMILES string of the molecule is CCNC(=O)c1cccc(-c2cc3nc(-c4cccc(N)c4C=N)nc(N4CCOCC4)c3s2)c1. The number of nitrogens with one attached hydrogen (secondary N) is 2. The second-order valence-electron chi connectivity index (χ2n) is 8.19. The highest BCUT2D eigenvalue weighted by molar-refractivity contribution is 7.22. The number of fused-ring (bicyclic) bond motifs is 1. The van der Waals surface area contributed by atoms with E-state index in [1.165, 1.54) is 6.21 Å². The first-order chi connectivity index (χ1) is 17.1. The van der Waals surface area contributed by atoms with Crippen molar-refractivity contribution >= 4 is 45.2 Å². The third-order valence-electron chi connectivity index (χ3n) is 5.94. The van der Waals surface area contributed by atoms with Gasteiger partial charge in [0.25, 0.3) is 5.91 Å². The van der Waals surface area contributed by atoms with Crippen LogP contribution in [0.5, 0.6) is 0 Å². The van der Waals surface area contributed by atoms with Gasteiger partial charge in [0.15, 0.2) is 11.6 Å². The van der Waals surface area contributed by atoms with Crippen molar-refractivity contribution in [1.29, 1.82) is 5.41 Å². The van der Waals surface area contributed by atoms with E-state index in [-0.39, 0.29) is 5.91 Å². The maximum Gasteiger partial charge on any atom is 0.251 e. The van der Waals surface area contributed by atoms with E-state index in [0.717, 1.165) is 45.1 Å². The van der Waals surface area contributed by atoms with Crippen molar-refractivity contribution < 1.29 is 9.53 Å². The number of morpholine rings is 1. The number of benzene rings is 2. The molecule has 0 atom stereocenters. The van der Waals surface area contributed by atoms with Crippen LogP contribution in [-0.2, 0) is 4.74 Å². The van der Waals surface area contributed by atoms with Crippen LogP contribution in [-0.4, -0.2) is 54.9 Å². The van der Waals surface area contributed by atoms with E-state index >= 15 is 0 Å². The average Bonchev–Trinajstić information content (AvgIpc) is 3.33. The molecule has 35 heavy (non-hydrogen) atoms. The third kappa shape index (κ3) is 4.48. The molecule has 1 aliphatic heterocycles. The molecule has 2 aromatic carbocycles. The lowest BCUT2D eigenvalue weighted by Crippen LogP contribution is -2.36. The lowest BCUT2D eigenvalue weighted by Gasteiger charge is -2.28. The lowest BCUT2D eigenvalue weighted by atomic mass is 10.1. The molecule has 178 valence electrons.